The van der Waals surface area contributed by atoms with Gasteiger partial charge in [-0.15, -0.1) is 23.7 Å². The number of rotatable bonds is 5. The first kappa shape index (κ1) is 20.4. The van der Waals surface area contributed by atoms with E-state index >= 15 is 0 Å². The zero-order chi connectivity index (χ0) is 18.1. The fraction of sp³-hybridized carbons (Fsp3) is 0.500. The Morgan fingerprint density at radius 3 is 2.41 bits per heavy atom. The molecule has 1 aromatic carbocycles. The molecule has 2 atom stereocenters. The van der Waals surface area contributed by atoms with Gasteiger partial charge < -0.3 is 10.6 Å². The van der Waals surface area contributed by atoms with Gasteiger partial charge >= 0.3 is 0 Å². The minimum absolute atomic E-state index is 0. The number of halogens is 1. The molecule has 1 saturated heterocycles. The van der Waals surface area contributed by atoms with Gasteiger partial charge in [0.25, 0.3) is 0 Å². The molecule has 1 spiro atoms. The van der Waals surface area contributed by atoms with Crippen molar-refractivity contribution in [3.05, 3.63) is 57.8 Å². The molecule has 5 heteroatoms. The van der Waals surface area contributed by atoms with E-state index in [9.17, 15) is 4.79 Å². The highest BCUT2D eigenvalue weighted by atomic mass is 35.5. The smallest absolute Gasteiger partial charge is 0.224 e. The van der Waals surface area contributed by atoms with Gasteiger partial charge in [0.15, 0.2) is 0 Å². The minimum Gasteiger partial charge on any atom is -0.344 e. The molecule has 0 radical (unpaired) electrons. The number of hydrogen-bond acceptors (Lipinski definition) is 3. The van der Waals surface area contributed by atoms with Crippen molar-refractivity contribution < 1.29 is 4.79 Å². The van der Waals surface area contributed by atoms with Gasteiger partial charge in [-0.3, -0.25) is 4.79 Å². The summed E-state index contributed by atoms with van der Waals surface area (Å²) in [5, 5.41) is 8.87. The molecule has 27 heavy (non-hydrogen) atoms. The van der Waals surface area contributed by atoms with Crippen LogP contribution in [0.2, 0.25) is 0 Å². The highest BCUT2D eigenvalue weighted by Gasteiger charge is 2.57. The van der Waals surface area contributed by atoms with Crippen LogP contribution in [-0.4, -0.2) is 19.0 Å². The molecule has 1 amide bonds. The lowest BCUT2D eigenvalue weighted by Gasteiger charge is -2.24. The van der Waals surface area contributed by atoms with Crippen LogP contribution in [0.3, 0.4) is 0 Å². The monoisotopic (exact) mass is 404 g/mol. The normalized spacial score (nSPS) is 21.5. The third-order valence-electron chi connectivity index (χ3n) is 6.16. The van der Waals surface area contributed by atoms with E-state index in [-0.39, 0.29) is 35.7 Å². The van der Waals surface area contributed by atoms with Crippen LogP contribution in [0.25, 0.3) is 0 Å². The number of nitrogens with one attached hydrogen (secondary N) is 2. The lowest BCUT2D eigenvalue weighted by atomic mass is 9.91. The summed E-state index contributed by atoms with van der Waals surface area (Å²) in [7, 11) is 0. The Hall–Kier alpha value is -1.36. The zero-order valence-electron chi connectivity index (χ0n) is 16.0. The average molecular weight is 405 g/mol. The van der Waals surface area contributed by atoms with Crippen LogP contribution in [-0.2, 0) is 4.79 Å². The topological polar surface area (TPSA) is 41.1 Å². The van der Waals surface area contributed by atoms with Crippen molar-refractivity contribution in [3.8, 4) is 0 Å². The molecule has 2 unspecified atom stereocenters. The third-order valence-corrected chi connectivity index (χ3v) is 7.09. The van der Waals surface area contributed by atoms with Gasteiger partial charge in [0.05, 0.1) is 6.04 Å². The number of benzene rings is 1. The van der Waals surface area contributed by atoms with Crippen LogP contribution < -0.4 is 10.6 Å². The van der Waals surface area contributed by atoms with E-state index in [4.69, 9.17) is 0 Å². The highest BCUT2D eigenvalue weighted by Crippen LogP contribution is 2.58. The Labute approximate surface area is 172 Å². The first-order chi connectivity index (χ1) is 12.6. The Morgan fingerprint density at radius 2 is 1.81 bits per heavy atom. The second kappa shape index (κ2) is 8.34. The molecule has 3 nitrogen and oxygen atoms in total. The van der Waals surface area contributed by atoms with E-state index < -0.39 is 0 Å². The van der Waals surface area contributed by atoms with Crippen LogP contribution in [0.15, 0.2) is 41.8 Å². The van der Waals surface area contributed by atoms with Crippen LogP contribution in [0.1, 0.15) is 61.1 Å². The molecule has 4 rings (SSSR count). The van der Waals surface area contributed by atoms with Gasteiger partial charge in [-0.2, -0.15) is 0 Å². The number of piperidine rings is 1. The maximum atomic E-state index is 13.0. The van der Waals surface area contributed by atoms with E-state index in [2.05, 4.69) is 66.3 Å². The number of carbonyl (C=O) groups is 1. The maximum absolute atomic E-state index is 13.0. The van der Waals surface area contributed by atoms with Crippen molar-refractivity contribution in [3.63, 3.8) is 0 Å². The van der Waals surface area contributed by atoms with Crippen LogP contribution >= 0.6 is 23.7 Å². The second-order valence-electron chi connectivity index (χ2n) is 8.15. The van der Waals surface area contributed by atoms with Gasteiger partial charge in [0.1, 0.15) is 0 Å². The number of carbonyl (C=O) groups excluding carboxylic acids is 1. The predicted molar refractivity (Wildman–Crippen MR) is 115 cm³/mol. The molecule has 146 valence electrons. The van der Waals surface area contributed by atoms with Crippen molar-refractivity contribution in [2.24, 2.45) is 11.3 Å². The van der Waals surface area contributed by atoms with Crippen molar-refractivity contribution >= 4 is 29.7 Å². The molecule has 2 aliphatic rings. The number of thiophene rings is 1. The fourth-order valence-corrected chi connectivity index (χ4v) is 5.09. The van der Waals surface area contributed by atoms with E-state index in [1.54, 1.807) is 11.3 Å². The summed E-state index contributed by atoms with van der Waals surface area (Å²) in [6, 6.07) is 12.9. The number of hydrogen-bond donors (Lipinski definition) is 2. The van der Waals surface area contributed by atoms with Gasteiger partial charge in [-0.1, -0.05) is 44.2 Å². The van der Waals surface area contributed by atoms with Crippen molar-refractivity contribution in [1.82, 2.24) is 10.6 Å². The summed E-state index contributed by atoms with van der Waals surface area (Å²) in [6.45, 7) is 6.52. The summed E-state index contributed by atoms with van der Waals surface area (Å²) < 4.78 is 0. The Morgan fingerprint density at radius 1 is 1.15 bits per heavy atom. The molecule has 2 heterocycles. The SMILES string of the molecule is CC(C)c1ccc(C(NC(=O)C2CC23CCNCC3)c2cccs2)cc1.Cl. The van der Waals surface area contributed by atoms with Gasteiger partial charge in [-0.25, -0.2) is 0 Å². The standard InChI is InChI=1S/C22H28N2OS.ClH/c1-15(2)16-5-7-17(8-6-16)20(19-4-3-13-26-19)24-21(25)18-14-22(18)9-11-23-12-10-22;/h3-8,13,15,18,20,23H,9-12,14H2,1-2H3,(H,24,25);1H. The van der Waals surface area contributed by atoms with Gasteiger partial charge in [0.2, 0.25) is 5.91 Å². The molecule has 2 N–H and O–H groups in total. The van der Waals surface area contributed by atoms with E-state index in [0.29, 0.717) is 5.92 Å². The zero-order valence-corrected chi connectivity index (χ0v) is 17.7. The largest absolute Gasteiger partial charge is 0.344 e. The summed E-state index contributed by atoms with van der Waals surface area (Å²) in [4.78, 5) is 14.2. The third kappa shape index (κ3) is 4.23. The first-order valence-corrected chi connectivity index (χ1v) is 10.6. The Kier molecular flexibility index (Phi) is 6.29. The van der Waals surface area contributed by atoms with E-state index in [0.717, 1.165) is 32.4 Å². The molecule has 2 fully saturated rings. The van der Waals surface area contributed by atoms with Crippen molar-refractivity contribution in [2.75, 3.05) is 13.1 Å². The van der Waals surface area contributed by atoms with E-state index in [1.165, 1.54) is 16.0 Å². The van der Waals surface area contributed by atoms with Crippen molar-refractivity contribution in [2.45, 2.75) is 45.1 Å². The molecule has 1 aliphatic carbocycles. The number of amides is 1. The molecular formula is C22H29ClN2OS. The van der Waals surface area contributed by atoms with Crippen molar-refractivity contribution in [1.29, 1.82) is 0 Å². The van der Waals surface area contributed by atoms with Gasteiger partial charge in [0, 0.05) is 10.8 Å². The summed E-state index contributed by atoms with van der Waals surface area (Å²) in [5.74, 6) is 0.949. The van der Waals surface area contributed by atoms with E-state index in [1.807, 2.05) is 0 Å². The predicted octanol–water partition coefficient (Wildman–Crippen LogP) is 4.89. The Bertz CT molecular complexity index is 751. The molecule has 0 bridgehead atoms. The minimum atomic E-state index is -0.0388. The molecule has 2 aromatic rings. The molecule has 1 aromatic heterocycles. The second-order valence-corrected chi connectivity index (χ2v) is 9.13. The highest BCUT2D eigenvalue weighted by molar-refractivity contribution is 7.10. The fourth-order valence-electron chi connectivity index (χ4n) is 4.29. The average Bonchev–Trinajstić information content (AvgIpc) is 3.08. The summed E-state index contributed by atoms with van der Waals surface area (Å²) in [6.07, 6.45) is 3.33. The van der Waals surface area contributed by atoms with Crippen LogP contribution in [0, 0.1) is 11.3 Å². The molecule has 1 saturated carbocycles. The molecular weight excluding hydrogens is 376 g/mol. The lowest BCUT2D eigenvalue weighted by molar-refractivity contribution is -0.123. The molecule has 1 aliphatic heterocycles. The lowest BCUT2D eigenvalue weighted by Crippen LogP contribution is -2.35. The summed E-state index contributed by atoms with van der Waals surface area (Å²) in [5.41, 5.74) is 2.78. The maximum Gasteiger partial charge on any atom is 0.224 e. The first-order valence-electron chi connectivity index (χ1n) is 9.73. The van der Waals surface area contributed by atoms with Crippen LogP contribution in [0.5, 0.6) is 0 Å². The van der Waals surface area contributed by atoms with Gasteiger partial charge in [-0.05, 0) is 66.3 Å². The quantitative estimate of drug-likeness (QED) is 0.744. The Balaban J connectivity index is 0.00000210. The summed E-state index contributed by atoms with van der Waals surface area (Å²) >= 11 is 1.71. The van der Waals surface area contributed by atoms with Crippen LogP contribution in [0.4, 0.5) is 0 Å².